The largest absolute Gasteiger partial charge is 0.377 e. The van der Waals surface area contributed by atoms with Gasteiger partial charge in [-0.15, -0.1) is 0 Å². The Kier molecular flexibility index (Phi) is 4.24. The monoisotopic (exact) mass is 318 g/mol. The molecule has 119 valence electrons. The average molecular weight is 318 g/mol. The Morgan fingerprint density at radius 1 is 1.04 bits per heavy atom. The first-order valence-electron chi connectivity index (χ1n) is 7.45. The normalized spacial score (nSPS) is 10.4. The standard InChI is InChI=1S/C19H16N3O2/c1-22(2)18-10-9-15(13-6-3-4-7-14(13)18)19(24)21-16-8-5-11-20-17(16)12-23/h3-11H,1-2H3,(H,21,24). The van der Waals surface area contributed by atoms with Crippen molar-refractivity contribution in [3.63, 3.8) is 0 Å². The van der Waals surface area contributed by atoms with Crippen LogP contribution in [0.15, 0.2) is 54.7 Å². The summed E-state index contributed by atoms with van der Waals surface area (Å²) in [7, 11) is 3.92. The Balaban J connectivity index is 2.05. The van der Waals surface area contributed by atoms with E-state index in [0.717, 1.165) is 16.5 Å². The topological polar surface area (TPSA) is 62.3 Å². The molecule has 24 heavy (non-hydrogen) atoms. The van der Waals surface area contributed by atoms with Crippen LogP contribution in [0.2, 0.25) is 0 Å². The highest BCUT2D eigenvalue weighted by Crippen LogP contribution is 2.29. The molecular weight excluding hydrogens is 302 g/mol. The van der Waals surface area contributed by atoms with E-state index in [9.17, 15) is 9.59 Å². The molecule has 0 aliphatic heterocycles. The fraction of sp³-hybridized carbons (Fsp3) is 0.105. The van der Waals surface area contributed by atoms with Crippen LogP contribution < -0.4 is 10.2 Å². The number of aromatic nitrogens is 1. The van der Waals surface area contributed by atoms with Crippen molar-refractivity contribution in [2.24, 2.45) is 0 Å². The van der Waals surface area contributed by atoms with Gasteiger partial charge in [-0.05, 0) is 29.7 Å². The zero-order chi connectivity index (χ0) is 17.1. The number of benzene rings is 2. The Hall–Kier alpha value is -3.21. The molecule has 1 radical (unpaired) electrons. The predicted molar refractivity (Wildman–Crippen MR) is 95.3 cm³/mol. The molecule has 0 atom stereocenters. The molecule has 5 heteroatoms. The van der Waals surface area contributed by atoms with Crippen LogP contribution in [0, 0.1) is 0 Å². The van der Waals surface area contributed by atoms with Gasteiger partial charge in [0.05, 0.1) is 5.69 Å². The molecule has 0 spiro atoms. The average Bonchev–Trinajstić information content (AvgIpc) is 2.61. The second kappa shape index (κ2) is 6.50. The Morgan fingerprint density at radius 3 is 2.50 bits per heavy atom. The lowest BCUT2D eigenvalue weighted by Crippen LogP contribution is -2.15. The number of pyridine rings is 1. The van der Waals surface area contributed by atoms with Crippen LogP contribution >= 0.6 is 0 Å². The molecule has 0 aliphatic rings. The summed E-state index contributed by atoms with van der Waals surface area (Å²) in [5.74, 6) is -0.291. The van der Waals surface area contributed by atoms with Crippen LogP contribution in [-0.2, 0) is 4.79 Å². The van der Waals surface area contributed by atoms with E-state index in [1.54, 1.807) is 24.5 Å². The van der Waals surface area contributed by atoms with E-state index in [1.165, 1.54) is 6.20 Å². The van der Waals surface area contributed by atoms with E-state index in [4.69, 9.17) is 0 Å². The number of carbonyl (C=O) groups excluding carboxylic acids is 2. The van der Waals surface area contributed by atoms with E-state index in [2.05, 4.69) is 10.3 Å². The molecular formula is C19H16N3O2. The highest BCUT2D eigenvalue weighted by atomic mass is 16.1. The predicted octanol–water partition coefficient (Wildman–Crippen LogP) is 3.01. The highest BCUT2D eigenvalue weighted by molar-refractivity contribution is 6.15. The number of amides is 1. The summed E-state index contributed by atoms with van der Waals surface area (Å²) in [6, 6.07) is 14.7. The van der Waals surface area contributed by atoms with Crippen LogP contribution in [0.25, 0.3) is 10.8 Å². The summed E-state index contributed by atoms with van der Waals surface area (Å²) in [6.45, 7) is 0. The van der Waals surface area contributed by atoms with Crippen molar-refractivity contribution in [2.45, 2.75) is 0 Å². The number of fused-ring (bicyclic) bond motifs is 1. The number of carbonyl (C=O) groups is 1. The number of nitrogens with one attached hydrogen (secondary N) is 1. The van der Waals surface area contributed by atoms with Crippen LogP contribution in [0.5, 0.6) is 0 Å². The third kappa shape index (κ3) is 2.84. The third-order valence-electron chi connectivity index (χ3n) is 3.78. The maximum atomic E-state index is 12.7. The zero-order valence-corrected chi connectivity index (χ0v) is 13.4. The Labute approximate surface area is 139 Å². The maximum Gasteiger partial charge on any atom is 0.256 e. The molecule has 0 saturated heterocycles. The van der Waals surface area contributed by atoms with Gasteiger partial charge in [-0.3, -0.25) is 14.6 Å². The molecule has 2 aromatic carbocycles. The smallest absolute Gasteiger partial charge is 0.256 e. The minimum Gasteiger partial charge on any atom is -0.377 e. The van der Waals surface area contributed by atoms with Gasteiger partial charge in [0.25, 0.3) is 12.2 Å². The second-order valence-corrected chi connectivity index (χ2v) is 5.53. The fourth-order valence-corrected chi connectivity index (χ4v) is 2.65. The van der Waals surface area contributed by atoms with Crippen LogP contribution in [-0.4, -0.2) is 31.3 Å². The van der Waals surface area contributed by atoms with E-state index in [-0.39, 0.29) is 11.6 Å². The van der Waals surface area contributed by atoms with Gasteiger partial charge in [0.2, 0.25) is 0 Å². The molecule has 0 aliphatic carbocycles. The fourth-order valence-electron chi connectivity index (χ4n) is 2.65. The number of rotatable bonds is 4. The molecule has 1 aromatic heterocycles. The molecule has 3 rings (SSSR count). The van der Waals surface area contributed by atoms with Gasteiger partial charge in [0.15, 0.2) is 0 Å². The van der Waals surface area contributed by atoms with Crippen molar-refractivity contribution >= 4 is 34.3 Å². The lowest BCUT2D eigenvalue weighted by molar-refractivity contribution is 0.102. The van der Waals surface area contributed by atoms with Gasteiger partial charge in [-0.25, -0.2) is 0 Å². The molecule has 0 unspecified atom stereocenters. The summed E-state index contributed by atoms with van der Waals surface area (Å²) in [4.78, 5) is 29.5. The molecule has 1 heterocycles. The van der Waals surface area contributed by atoms with Crippen LogP contribution in [0.4, 0.5) is 11.4 Å². The number of hydrogen-bond donors (Lipinski definition) is 1. The number of anilines is 2. The van der Waals surface area contributed by atoms with E-state index < -0.39 is 0 Å². The minimum atomic E-state index is -0.291. The molecule has 0 fully saturated rings. The second-order valence-electron chi connectivity index (χ2n) is 5.53. The quantitative estimate of drug-likeness (QED) is 0.803. The molecule has 5 nitrogen and oxygen atoms in total. The molecule has 0 bridgehead atoms. The summed E-state index contributed by atoms with van der Waals surface area (Å²) in [5.41, 5.74) is 2.00. The van der Waals surface area contributed by atoms with Gasteiger partial charge < -0.3 is 10.2 Å². The van der Waals surface area contributed by atoms with Crippen molar-refractivity contribution in [1.82, 2.24) is 4.98 Å². The van der Waals surface area contributed by atoms with E-state index in [0.29, 0.717) is 11.3 Å². The van der Waals surface area contributed by atoms with Crippen molar-refractivity contribution in [3.8, 4) is 0 Å². The molecule has 3 aromatic rings. The SMILES string of the molecule is CN(C)c1ccc(C(=O)Nc2cccnc2[C]=O)c2ccccc12. The molecule has 1 N–H and O–H groups in total. The Bertz CT molecular complexity index is 919. The minimum absolute atomic E-state index is 0.0834. The third-order valence-corrected chi connectivity index (χ3v) is 3.78. The van der Waals surface area contributed by atoms with Gasteiger partial charge in [-0.1, -0.05) is 24.3 Å². The van der Waals surface area contributed by atoms with Gasteiger partial charge >= 0.3 is 0 Å². The van der Waals surface area contributed by atoms with Crippen LogP contribution in [0.3, 0.4) is 0 Å². The van der Waals surface area contributed by atoms with E-state index >= 15 is 0 Å². The Morgan fingerprint density at radius 2 is 1.79 bits per heavy atom. The van der Waals surface area contributed by atoms with Crippen molar-refractivity contribution in [1.29, 1.82) is 0 Å². The number of nitrogens with zero attached hydrogens (tertiary/aromatic N) is 2. The highest BCUT2D eigenvalue weighted by Gasteiger charge is 2.15. The summed E-state index contributed by atoms with van der Waals surface area (Å²) in [5, 5.41) is 4.58. The maximum absolute atomic E-state index is 12.7. The summed E-state index contributed by atoms with van der Waals surface area (Å²) in [6.07, 6.45) is 3.21. The van der Waals surface area contributed by atoms with E-state index in [1.807, 2.05) is 49.3 Å². The van der Waals surface area contributed by atoms with Crippen LogP contribution in [0.1, 0.15) is 16.1 Å². The lowest BCUT2D eigenvalue weighted by Gasteiger charge is -2.17. The summed E-state index contributed by atoms with van der Waals surface area (Å²) >= 11 is 0. The first-order valence-corrected chi connectivity index (χ1v) is 7.45. The first-order chi connectivity index (χ1) is 11.6. The van der Waals surface area contributed by atoms with Crippen molar-refractivity contribution < 1.29 is 9.59 Å². The first kappa shape index (κ1) is 15.7. The summed E-state index contributed by atoms with van der Waals surface area (Å²) < 4.78 is 0. The van der Waals surface area contributed by atoms with Gasteiger partial charge in [0, 0.05) is 36.9 Å². The molecule has 0 saturated carbocycles. The molecule has 1 amide bonds. The van der Waals surface area contributed by atoms with Gasteiger partial charge in [-0.2, -0.15) is 0 Å². The lowest BCUT2D eigenvalue weighted by atomic mass is 10.0. The number of hydrogen-bond acceptors (Lipinski definition) is 4. The zero-order valence-electron chi connectivity index (χ0n) is 13.4. The van der Waals surface area contributed by atoms with Gasteiger partial charge in [0.1, 0.15) is 5.69 Å². The van der Waals surface area contributed by atoms with Crippen molar-refractivity contribution in [3.05, 3.63) is 66.0 Å². The van der Waals surface area contributed by atoms with Crippen molar-refractivity contribution in [2.75, 3.05) is 24.3 Å².